The number of hydrogen-bond donors (Lipinski definition) is 1. The lowest BCUT2D eigenvalue weighted by Crippen LogP contribution is -2.39. The first-order valence-electron chi connectivity index (χ1n) is 6.71. The van der Waals surface area contributed by atoms with Crippen LogP contribution in [0.5, 0.6) is 0 Å². The fourth-order valence-electron chi connectivity index (χ4n) is 1.92. The van der Waals surface area contributed by atoms with Crippen LogP contribution in [0.1, 0.15) is 17.3 Å². The third-order valence-electron chi connectivity index (χ3n) is 3.49. The van der Waals surface area contributed by atoms with Crippen LogP contribution in [0.25, 0.3) is 11.1 Å². The van der Waals surface area contributed by atoms with Gasteiger partial charge in [0, 0.05) is 42.6 Å². The highest BCUT2D eigenvalue weighted by atomic mass is 35.5. The van der Waals surface area contributed by atoms with Crippen molar-refractivity contribution in [3.05, 3.63) is 53.3 Å². The van der Waals surface area contributed by atoms with E-state index < -0.39 is 0 Å². The Morgan fingerprint density at radius 2 is 1.83 bits per heavy atom. The van der Waals surface area contributed by atoms with Crippen molar-refractivity contribution in [3.63, 3.8) is 0 Å². The first-order chi connectivity index (χ1) is 10.0. The van der Waals surface area contributed by atoms with E-state index >= 15 is 0 Å². The predicted molar refractivity (Wildman–Crippen MR) is 99.8 cm³/mol. The molecular formula is C16H20Cl3N3O. The Balaban J connectivity index is 0.00000242. The van der Waals surface area contributed by atoms with E-state index in [1.807, 2.05) is 37.3 Å². The molecule has 0 bridgehead atoms. The van der Waals surface area contributed by atoms with Crippen LogP contribution in [0.2, 0.25) is 5.02 Å². The predicted octanol–water partition coefficient (Wildman–Crippen LogP) is 3.66. The third-order valence-corrected chi connectivity index (χ3v) is 3.74. The Morgan fingerprint density at radius 1 is 1.22 bits per heavy atom. The molecular weight excluding hydrogens is 357 g/mol. The van der Waals surface area contributed by atoms with Crippen LogP contribution in [-0.2, 0) is 0 Å². The summed E-state index contributed by atoms with van der Waals surface area (Å²) in [7, 11) is 1.74. The summed E-state index contributed by atoms with van der Waals surface area (Å²) in [4.78, 5) is 18.2. The van der Waals surface area contributed by atoms with Gasteiger partial charge < -0.3 is 10.6 Å². The number of rotatable bonds is 4. The van der Waals surface area contributed by atoms with Gasteiger partial charge >= 0.3 is 0 Å². The summed E-state index contributed by atoms with van der Waals surface area (Å²) in [5.74, 6) is -0.0868. The molecule has 0 aliphatic rings. The molecule has 4 nitrogen and oxygen atoms in total. The average Bonchev–Trinajstić information content (AvgIpc) is 2.53. The topological polar surface area (TPSA) is 59.2 Å². The van der Waals surface area contributed by atoms with Gasteiger partial charge in [0.25, 0.3) is 5.91 Å². The van der Waals surface area contributed by atoms with Gasteiger partial charge in [-0.05, 0) is 30.7 Å². The zero-order valence-electron chi connectivity index (χ0n) is 12.9. The highest BCUT2D eigenvalue weighted by Gasteiger charge is 2.17. The maximum atomic E-state index is 12.4. The first kappa shape index (κ1) is 21.7. The summed E-state index contributed by atoms with van der Waals surface area (Å²) >= 11 is 5.88. The molecule has 1 aromatic carbocycles. The van der Waals surface area contributed by atoms with Crippen LogP contribution in [0.15, 0.2) is 42.7 Å². The number of likely N-dealkylation sites (N-methyl/N-ethyl adjacent to an activating group) is 1. The minimum atomic E-state index is -0.0868. The average molecular weight is 377 g/mol. The molecule has 1 aromatic heterocycles. The zero-order chi connectivity index (χ0) is 15.4. The number of nitrogens with two attached hydrogens (primary N) is 1. The van der Waals surface area contributed by atoms with Gasteiger partial charge in [0.05, 0.1) is 5.56 Å². The highest BCUT2D eigenvalue weighted by molar-refractivity contribution is 6.30. The first-order valence-corrected chi connectivity index (χ1v) is 7.09. The second kappa shape index (κ2) is 9.73. The Kier molecular flexibility index (Phi) is 9.17. The fraction of sp³-hybridized carbons (Fsp3) is 0.250. The Bertz CT molecular complexity index is 635. The molecule has 0 fully saturated rings. The summed E-state index contributed by atoms with van der Waals surface area (Å²) in [6, 6.07) is 9.25. The number of aromatic nitrogens is 1. The molecule has 2 aromatic rings. The summed E-state index contributed by atoms with van der Waals surface area (Å²) in [5, 5.41) is 0.676. The Labute approximate surface area is 153 Å². The zero-order valence-corrected chi connectivity index (χ0v) is 15.3. The lowest BCUT2D eigenvalue weighted by atomic mass is 10.1. The second-order valence-electron chi connectivity index (χ2n) is 4.97. The number of amides is 1. The molecule has 0 saturated heterocycles. The van der Waals surface area contributed by atoms with Crippen molar-refractivity contribution in [2.75, 3.05) is 13.6 Å². The molecule has 126 valence electrons. The van der Waals surface area contributed by atoms with E-state index in [0.29, 0.717) is 17.1 Å². The van der Waals surface area contributed by atoms with Crippen molar-refractivity contribution in [3.8, 4) is 11.1 Å². The molecule has 2 N–H and O–H groups in total. The van der Waals surface area contributed by atoms with Crippen LogP contribution in [0.3, 0.4) is 0 Å². The number of carbonyl (C=O) groups is 1. The molecule has 23 heavy (non-hydrogen) atoms. The molecule has 1 amide bonds. The molecule has 0 aliphatic carbocycles. The van der Waals surface area contributed by atoms with Crippen molar-refractivity contribution in [2.45, 2.75) is 13.0 Å². The number of pyridine rings is 1. The van der Waals surface area contributed by atoms with Crippen molar-refractivity contribution in [1.82, 2.24) is 9.88 Å². The van der Waals surface area contributed by atoms with Crippen molar-refractivity contribution in [1.29, 1.82) is 0 Å². The third kappa shape index (κ3) is 5.36. The van der Waals surface area contributed by atoms with Gasteiger partial charge in [-0.3, -0.25) is 9.78 Å². The fourth-order valence-corrected chi connectivity index (χ4v) is 2.05. The minimum absolute atomic E-state index is 0. The summed E-state index contributed by atoms with van der Waals surface area (Å²) in [5.41, 5.74) is 8.00. The molecule has 1 unspecified atom stereocenters. The van der Waals surface area contributed by atoms with E-state index in [4.69, 9.17) is 17.3 Å². The van der Waals surface area contributed by atoms with E-state index in [-0.39, 0.29) is 36.8 Å². The molecule has 0 radical (unpaired) electrons. The van der Waals surface area contributed by atoms with Gasteiger partial charge in [-0.25, -0.2) is 0 Å². The largest absolute Gasteiger partial charge is 0.338 e. The molecule has 7 heteroatoms. The van der Waals surface area contributed by atoms with E-state index in [2.05, 4.69) is 4.98 Å². The molecule has 0 spiro atoms. The summed E-state index contributed by atoms with van der Waals surface area (Å²) in [6.45, 7) is 2.33. The molecule has 1 atom stereocenters. The second-order valence-corrected chi connectivity index (χ2v) is 5.41. The molecule has 0 aliphatic heterocycles. The van der Waals surface area contributed by atoms with Crippen LogP contribution >= 0.6 is 36.4 Å². The maximum absolute atomic E-state index is 12.4. The van der Waals surface area contributed by atoms with Crippen molar-refractivity contribution >= 4 is 42.3 Å². The minimum Gasteiger partial charge on any atom is -0.338 e. The van der Waals surface area contributed by atoms with Crippen LogP contribution in [0, 0.1) is 0 Å². The van der Waals surface area contributed by atoms with Gasteiger partial charge in [0.15, 0.2) is 0 Å². The van der Waals surface area contributed by atoms with E-state index in [1.165, 1.54) is 0 Å². The number of hydrogen-bond acceptors (Lipinski definition) is 3. The number of benzene rings is 1. The summed E-state index contributed by atoms with van der Waals surface area (Å²) in [6.07, 6.45) is 3.30. The quantitative estimate of drug-likeness (QED) is 0.885. The SMILES string of the molecule is CC(CN)N(C)C(=O)c1cncc(-c2ccc(Cl)cc2)c1.Cl.Cl. The lowest BCUT2D eigenvalue weighted by Gasteiger charge is -2.23. The Morgan fingerprint density at radius 3 is 2.39 bits per heavy atom. The monoisotopic (exact) mass is 375 g/mol. The van der Waals surface area contributed by atoms with E-state index in [1.54, 1.807) is 24.3 Å². The van der Waals surface area contributed by atoms with E-state index in [9.17, 15) is 4.79 Å². The van der Waals surface area contributed by atoms with Gasteiger partial charge in [-0.2, -0.15) is 0 Å². The van der Waals surface area contributed by atoms with Crippen molar-refractivity contribution < 1.29 is 4.79 Å². The lowest BCUT2D eigenvalue weighted by molar-refractivity contribution is 0.0748. The Hall–Kier alpha value is -1.33. The molecule has 0 saturated carbocycles. The van der Waals surface area contributed by atoms with Gasteiger partial charge in [-0.15, -0.1) is 24.8 Å². The molecule has 1 heterocycles. The standard InChI is InChI=1S/C16H18ClN3O.2ClH/c1-11(8-18)20(2)16(21)14-7-13(9-19-10-14)12-3-5-15(17)6-4-12;;/h3-7,9-11H,8,18H2,1-2H3;2*1H. The maximum Gasteiger partial charge on any atom is 0.255 e. The normalized spacial score (nSPS) is 11.0. The van der Waals surface area contributed by atoms with Crippen LogP contribution < -0.4 is 5.73 Å². The number of carbonyl (C=O) groups excluding carboxylic acids is 1. The van der Waals surface area contributed by atoms with Gasteiger partial charge in [0.1, 0.15) is 0 Å². The van der Waals surface area contributed by atoms with Crippen LogP contribution in [-0.4, -0.2) is 35.4 Å². The van der Waals surface area contributed by atoms with E-state index in [0.717, 1.165) is 11.1 Å². The highest BCUT2D eigenvalue weighted by Crippen LogP contribution is 2.22. The van der Waals surface area contributed by atoms with Crippen molar-refractivity contribution in [2.24, 2.45) is 5.73 Å². The molecule has 2 rings (SSSR count). The van der Waals surface area contributed by atoms with Crippen LogP contribution in [0.4, 0.5) is 0 Å². The number of nitrogens with zero attached hydrogens (tertiary/aromatic N) is 2. The van der Waals surface area contributed by atoms with Gasteiger partial charge in [0.2, 0.25) is 0 Å². The van der Waals surface area contributed by atoms with Gasteiger partial charge in [-0.1, -0.05) is 23.7 Å². The summed E-state index contributed by atoms with van der Waals surface area (Å²) < 4.78 is 0. The number of halogens is 3. The smallest absolute Gasteiger partial charge is 0.255 e.